The number of rotatable bonds is 5. The Hall–Kier alpha value is -2.70. The van der Waals surface area contributed by atoms with Crippen LogP contribution in [-0.4, -0.2) is 35.4 Å². The van der Waals surface area contributed by atoms with E-state index in [1.807, 2.05) is 0 Å². The highest BCUT2D eigenvalue weighted by Crippen LogP contribution is 2.27. The van der Waals surface area contributed by atoms with Crippen molar-refractivity contribution in [1.29, 1.82) is 0 Å². The molecule has 1 aromatic carbocycles. The van der Waals surface area contributed by atoms with E-state index in [4.69, 9.17) is 9.57 Å². The maximum Gasteiger partial charge on any atom is 0.339 e. The first kappa shape index (κ1) is 16.7. The van der Waals surface area contributed by atoms with Gasteiger partial charge in [-0.3, -0.25) is 14.4 Å². The van der Waals surface area contributed by atoms with Crippen molar-refractivity contribution in [2.24, 2.45) is 5.41 Å². The van der Waals surface area contributed by atoms with Crippen LogP contribution in [0.25, 0.3) is 0 Å². The third-order valence-corrected chi connectivity index (χ3v) is 3.38. The van der Waals surface area contributed by atoms with Crippen molar-refractivity contribution in [3.8, 4) is 0 Å². The molecule has 0 saturated carbocycles. The molecule has 7 nitrogen and oxygen atoms in total. The molecule has 0 saturated heterocycles. The minimum Gasteiger partial charge on any atom is -0.466 e. The van der Waals surface area contributed by atoms with E-state index in [2.05, 4.69) is 0 Å². The molecule has 0 aromatic heterocycles. The maximum absolute atomic E-state index is 12.2. The molecule has 1 aromatic rings. The molecular weight excluding hydrogens is 302 g/mol. The standard InChI is InChI=1S/C16H17NO6/c1-4-22-12(18)9-16(2,3)15(21)23-17-13(19)10-7-5-6-8-11(10)14(17)20/h5-8H,4,9H2,1-3H3. The van der Waals surface area contributed by atoms with Crippen LogP contribution in [-0.2, 0) is 19.2 Å². The van der Waals surface area contributed by atoms with Crippen molar-refractivity contribution in [1.82, 2.24) is 5.06 Å². The van der Waals surface area contributed by atoms with E-state index in [-0.39, 0.29) is 24.2 Å². The number of carbonyl (C=O) groups excluding carboxylic acids is 4. The van der Waals surface area contributed by atoms with Gasteiger partial charge in [-0.15, -0.1) is 0 Å². The van der Waals surface area contributed by atoms with E-state index in [1.165, 1.54) is 26.0 Å². The Morgan fingerprint density at radius 3 is 2.09 bits per heavy atom. The van der Waals surface area contributed by atoms with Crippen LogP contribution in [0.4, 0.5) is 0 Å². The minimum absolute atomic E-state index is 0.175. The van der Waals surface area contributed by atoms with Crippen molar-refractivity contribution >= 4 is 23.8 Å². The average molecular weight is 319 g/mol. The lowest BCUT2D eigenvalue weighted by molar-refractivity contribution is -0.181. The molecule has 1 aliphatic rings. The Balaban J connectivity index is 2.11. The Morgan fingerprint density at radius 1 is 1.09 bits per heavy atom. The summed E-state index contributed by atoms with van der Waals surface area (Å²) in [6.07, 6.45) is -0.219. The highest BCUT2D eigenvalue weighted by molar-refractivity contribution is 6.20. The number of carbonyl (C=O) groups is 4. The average Bonchev–Trinajstić information content (AvgIpc) is 2.72. The molecule has 1 heterocycles. The monoisotopic (exact) mass is 319 g/mol. The van der Waals surface area contributed by atoms with E-state index >= 15 is 0 Å². The number of benzene rings is 1. The summed E-state index contributed by atoms with van der Waals surface area (Å²) < 4.78 is 4.80. The zero-order valence-corrected chi connectivity index (χ0v) is 13.1. The number of esters is 1. The maximum atomic E-state index is 12.2. The molecule has 0 unspecified atom stereocenters. The van der Waals surface area contributed by atoms with Crippen LogP contribution in [0.3, 0.4) is 0 Å². The molecule has 2 rings (SSSR count). The summed E-state index contributed by atoms with van der Waals surface area (Å²) in [5, 5.41) is 0.430. The van der Waals surface area contributed by atoms with Crippen molar-refractivity contribution in [3.63, 3.8) is 0 Å². The number of amides is 2. The van der Waals surface area contributed by atoms with Gasteiger partial charge in [0.2, 0.25) is 0 Å². The lowest BCUT2D eigenvalue weighted by Crippen LogP contribution is -2.39. The third-order valence-electron chi connectivity index (χ3n) is 3.38. The predicted molar refractivity (Wildman–Crippen MR) is 78.1 cm³/mol. The summed E-state index contributed by atoms with van der Waals surface area (Å²) in [5.74, 6) is -2.83. The second-order valence-corrected chi connectivity index (χ2v) is 5.69. The Morgan fingerprint density at radius 2 is 1.61 bits per heavy atom. The van der Waals surface area contributed by atoms with Gasteiger partial charge in [-0.1, -0.05) is 17.2 Å². The minimum atomic E-state index is -1.23. The molecule has 0 bridgehead atoms. The van der Waals surface area contributed by atoms with Crippen molar-refractivity contribution in [2.45, 2.75) is 27.2 Å². The Labute approximate surface area is 133 Å². The molecule has 0 spiro atoms. The van der Waals surface area contributed by atoms with Crippen LogP contribution in [0.5, 0.6) is 0 Å². The van der Waals surface area contributed by atoms with Crippen LogP contribution < -0.4 is 0 Å². The normalized spacial score (nSPS) is 13.8. The van der Waals surface area contributed by atoms with Crippen LogP contribution in [0.15, 0.2) is 24.3 Å². The lowest BCUT2D eigenvalue weighted by atomic mass is 9.90. The van der Waals surface area contributed by atoms with Gasteiger partial charge in [0.25, 0.3) is 11.8 Å². The van der Waals surface area contributed by atoms with Crippen molar-refractivity contribution < 1.29 is 28.8 Å². The number of fused-ring (bicyclic) bond motifs is 1. The van der Waals surface area contributed by atoms with Crippen LogP contribution >= 0.6 is 0 Å². The molecule has 1 aliphatic heterocycles. The zero-order valence-electron chi connectivity index (χ0n) is 13.1. The van der Waals surface area contributed by atoms with Crippen LogP contribution in [0.2, 0.25) is 0 Å². The summed E-state index contributed by atoms with van der Waals surface area (Å²) >= 11 is 0. The van der Waals surface area contributed by atoms with Gasteiger partial charge in [-0.25, -0.2) is 4.79 Å². The van der Waals surface area contributed by atoms with Crippen LogP contribution in [0, 0.1) is 5.41 Å². The van der Waals surface area contributed by atoms with E-state index in [1.54, 1.807) is 19.1 Å². The summed E-state index contributed by atoms with van der Waals surface area (Å²) in [7, 11) is 0. The number of hydrogen-bond donors (Lipinski definition) is 0. The second kappa shape index (κ2) is 6.20. The first-order valence-corrected chi connectivity index (χ1v) is 7.13. The number of nitrogens with zero attached hydrogens (tertiary/aromatic N) is 1. The van der Waals surface area contributed by atoms with Gasteiger partial charge >= 0.3 is 11.9 Å². The molecule has 0 aliphatic carbocycles. The fourth-order valence-corrected chi connectivity index (χ4v) is 2.10. The highest BCUT2D eigenvalue weighted by atomic mass is 16.7. The Bertz CT molecular complexity index is 644. The lowest BCUT2D eigenvalue weighted by Gasteiger charge is -2.23. The van der Waals surface area contributed by atoms with Gasteiger partial charge in [0.05, 0.1) is 29.6 Å². The van der Waals surface area contributed by atoms with Gasteiger partial charge < -0.3 is 9.57 Å². The van der Waals surface area contributed by atoms with E-state index in [0.717, 1.165) is 0 Å². The topological polar surface area (TPSA) is 90.0 Å². The fourth-order valence-electron chi connectivity index (χ4n) is 2.10. The summed E-state index contributed by atoms with van der Waals surface area (Å²) in [6, 6.07) is 6.18. The second-order valence-electron chi connectivity index (χ2n) is 5.69. The zero-order chi connectivity index (χ0) is 17.2. The summed E-state index contributed by atoms with van der Waals surface area (Å²) in [4.78, 5) is 53.0. The first-order valence-electron chi connectivity index (χ1n) is 7.13. The smallest absolute Gasteiger partial charge is 0.339 e. The number of imide groups is 1. The fraction of sp³-hybridized carbons (Fsp3) is 0.375. The van der Waals surface area contributed by atoms with Gasteiger partial charge in [0, 0.05) is 0 Å². The molecule has 122 valence electrons. The van der Waals surface area contributed by atoms with E-state index < -0.39 is 29.2 Å². The summed E-state index contributed by atoms with van der Waals surface area (Å²) in [6.45, 7) is 4.80. The van der Waals surface area contributed by atoms with E-state index in [0.29, 0.717) is 5.06 Å². The first-order chi connectivity index (χ1) is 10.8. The van der Waals surface area contributed by atoms with E-state index in [9.17, 15) is 19.2 Å². The third kappa shape index (κ3) is 3.23. The molecule has 0 fully saturated rings. The van der Waals surface area contributed by atoms with Gasteiger partial charge in [-0.05, 0) is 32.9 Å². The molecular formula is C16H17NO6. The Kier molecular flexibility index (Phi) is 4.49. The predicted octanol–water partition coefficient (Wildman–Crippen LogP) is 1.72. The quantitative estimate of drug-likeness (QED) is 0.606. The van der Waals surface area contributed by atoms with Crippen LogP contribution in [0.1, 0.15) is 47.9 Å². The highest BCUT2D eigenvalue weighted by Gasteiger charge is 2.42. The molecule has 2 amide bonds. The van der Waals surface area contributed by atoms with Crippen molar-refractivity contribution in [2.75, 3.05) is 6.61 Å². The van der Waals surface area contributed by atoms with Crippen molar-refractivity contribution in [3.05, 3.63) is 35.4 Å². The van der Waals surface area contributed by atoms with Gasteiger partial charge in [0.15, 0.2) is 0 Å². The number of hydrogen-bond acceptors (Lipinski definition) is 6. The molecule has 0 atom stereocenters. The molecule has 7 heteroatoms. The largest absolute Gasteiger partial charge is 0.466 e. The van der Waals surface area contributed by atoms with Gasteiger partial charge in [0.1, 0.15) is 0 Å². The SMILES string of the molecule is CCOC(=O)CC(C)(C)C(=O)ON1C(=O)c2ccccc2C1=O. The summed E-state index contributed by atoms with van der Waals surface area (Å²) in [5.41, 5.74) is -0.885. The number of hydroxylamine groups is 2. The molecule has 0 radical (unpaired) electrons. The van der Waals surface area contributed by atoms with Gasteiger partial charge in [-0.2, -0.15) is 0 Å². The number of ether oxygens (including phenoxy) is 1. The molecule has 0 N–H and O–H groups in total. The molecule has 23 heavy (non-hydrogen) atoms.